The van der Waals surface area contributed by atoms with Gasteiger partial charge in [-0.15, -0.1) is 0 Å². The lowest BCUT2D eigenvalue weighted by Crippen LogP contribution is -2.25. The third kappa shape index (κ3) is 3.51. The quantitative estimate of drug-likeness (QED) is 0.482. The van der Waals surface area contributed by atoms with Crippen LogP contribution in [-0.2, 0) is 20.7 Å². The van der Waals surface area contributed by atoms with E-state index in [1.54, 1.807) is 13.8 Å². The van der Waals surface area contributed by atoms with Gasteiger partial charge in [0.15, 0.2) is 0 Å². The summed E-state index contributed by atoms with van der Waals surface area (Å²) in [7, 11) is 0. The second-order valence-corrected chi connectivity index (χ2v) is 6.19. The minimum absolute atomic E-state index is 0.0391. The van der Waals surface area contributed by atoms with Gasteiger partial charge in [-0.2, -0.15) is 0 Å². The van der Waals surface area contributed by atoms with Crippen LogP contribution >= 0.6 is 0 Å². The summed E-state index contributed by atoms with van der Waals surface area (Å²) < 4.78 is 9.50. The monoisotopic (exact) mass is 332 g/mol. The highest BCUT2D eigenvalue weighted by Crippen LogP contribution is 2.29. The van der Waals surface area contributed by atoms with E-state index in [9.17, 15) is 24.3 Å². The summed E-state index contributed by atoms with van der Waals surface area (Å²) in [5, 5.41) is 9.37. The van der Waals surface area contributed by atoms with Crippen LogP contribution in [0.15, 0.2) is 24.8 Å². The number of rotatable bonds is 6. The number of cyclic esters (lactones) is 2. The molecule has 0 unspecified atom stereocenters. The minimum atomic E-state index is -1.22. The Morgan fingerprint density at radius 1 is 1.25 bits per heavy atom. The van der Waals surface area contributed by atoms with Crippen molar-refractivity contribution in [1.29, 1.82) is 0 Å². The number of carboxylic acids is 1. The Kier molecular flexibility index (Phi) is 4.54. The molecule has 7 nitrogen and oxygen atoms in total. The fraction of sp³-hybridized carbons (Fsp3) is 0.294. The Morgan fingerprint density at radius 2 is 1.83 bits per heavy atom. The van der Waals surface area contributed by atoms with Gasteiger partial charge < -0.3 is 14.6 Å². The number of benzene rings is 1. The van der Waals surface area contributed by atoms with Gasteiger partial charge in [0.2, 0.25) is 0 Å². The molecular formula is C17H16O7. The lowest BCUT2D eigenvalue weighted by molar-refractivity contribution is -0.140. The minimum Gasteiger partial charge on any atom is -0.478 e. The zero-order chi connectivity index (χ0) is 18.1. The SMILES string of the molecule is C=CC(=O)OCC(C)(C)Cc1cc2c(cc1C(=O)O)C(=O)OC2=O. The molecule has 1 N–H and O–H groups in total. The van der Waals surface area contributed by atoms with Crippen LogP contribution < -0.4 is 0 Å². The van der Waals surface area contributed by atoms with Gasteiger partial charge in [0.1, 0.15) is 0 Å². The molecule has 0 aromatic heterocycles. The Hall–Kier alpha value is -2.96. The summed E-state index contributed by atoms with van der Waals surface area (Å²) in [5.74, 6) is -3.46. The Labute approximate surface area is 137 Å². The van der Waals surface area contributed by atoms with Gasteiger partial charge in [0, 0.05) is 11.5 Å². The largest absolute Gasteiger partial charge is 0.478 e. The van der Waals surface area contributed by atoms with Crippen LogP contribution in [0.3, 0.4) is 0 Å². The molecule has 126 valence electrons. The summed E-state index contributed by atoms with van der Waals surface area (Å²) in [6.07, 6.45) is 1.25. The molecule has 0 fully saturated rings. The molecule has 0 aliphatic carbocycles. The van der Waals surface area contributed by atoms with Gasteiger partial charge >= 0.3 is 23.9 Å². The van der Waals surface area contributed by atoms with E-state index in [-0.39, 0.29) is 29.7 Å². The molecule has 0 saturated heterocycles. The van der Waals surface area contributed by atoms with Gasteiger partial charge in [-0.3, -0.25) is 0 Å². The van der Waals surface area contributed by atoms with Crippen LogP contribution in [0, 0.1) is 5.41 Å². The molecule has 1 aromatic carbocycles. The number of ether oxygens (including phenoxy) is 2. The Morgan fingerprint density at radius 3 is 2.38 bits per heavy atom. The molecule has 2 rings (SSSR count). The highest BCUT2D eigenvalue weighted by atomic mass is 16.6. The number of aromatic carboxylic acids is 1. The first kappa shape index (κ1) is 17.4. The summed E-state index contributed by atoms with van der Waals surface area (Å²) in [6.45, 7) is 6.91. The number of hydrogen-bond acceptors (Lipinski definition) is 6. The standard InChI is InChI=1S/C17H16O7/c1-4-13(18)23-8-17(2,3)7-9-5-11-12(6-10(9)14(19)20)16(22)24-15(11)21/h4-6H,1,7-8H2,2-3H3,(H,19,20). The molecule has 0 bridgehead atoms. The summed E-state index contributed by atoms with van der Waals surface area (Å²) in [6, 6.07) is 2.50. The summed E-state index contributed by atoms with van der Waals surface area (Å²) in [4.78, 5) is 45.9. The number of esters is 3. The molecule has 24 heavy (non-hydrogen) atoms. The number of hydrogen-bond donors (Lipinski definition) is 1. The molecule has 1 aliphatic rings. The van der Waals surface area contributed by atoms with Crippen LogP contribution in [0.1, 0.15) is 50.5 Å². The molecule has 0 amide bonds. The fourth-order valence-electron chi connectivity index (χ4n) is 2.41. The molecular weight excluding hydrogens is 316 g/mol. The first-order valence-electron chi connectivity index (χ1n) is 7.10. The van der Waals surface area contributed by atoms with E-state index in [0.717, 1.165) is 12.1 Å². The fourth-order valence-corrected chi connectivity index (χ4v) is 2.41. The second-order valence-electron chi connectivity index (χ2n) is 6.19. The van der Waals surface area contributed by atoms with Crippen molar-refractivity contribution in [3.8, 4) is 0 Å². The number of carboxylic acid groups (broad SMARTS) is 1. The zero-order valence-corrected chi connectivity index (χ0v) is 13.3. The summed E-state index contributed by atoms with van der Waals surface area (Å²) >= 11 is 0. The highest BCUT2D eigenvalue weighted by Gasteiger charge is 2.33. The van der Waals surface area contributed by atoms with Crippen LogP contribution in [0.5, 0.6) is 0 Å². The molecule has 0 saturated carbocycles. The maximum Gasteiger partial charge on any atom is 0.346 e. The van der Waals surface area contributed by atoms with Crippen molar-refractivity contribution >= 4 is 23.9 Å². The molecule has 1 aromatic rings. The Bertz CT molecular complexity index is 758. The van der Waals surface area contributed by atoms with Crippen LogP contribution in [0.2, 0.25) is 0 Å². The molecule has 1 heterocycles. The average molecular weight is 332 g/mol. The van der Waals surface area contributed by atoms with E-state index in [4.69, 9.17) is 4.74 Å². The van der Waals surface area contributed by atoms with Gasteiger partial charge in [-0.1, -0.05) is 20.4 Å². The van der Waals surface area contributed by atoms with Gasteiger partial charge in [0.25, 0.3) is 0 Å². The lowest BCUT2D eigenvalue weighted by atomic mass is 9.83. The summed E-state index contributed by atoms with van der Waals surface area (Å²) in [5.41, 5.74) is -0.351. The molecule has 0 spiro atoms. The normalized spacial score (nSPS) is 13.2. The van der Waals surface area contributed by atoms with Crippen molar-refractivity contribution < 1.29 is 33.8 Å². The second kappa shape index (κ2) is 6.27. The van der Waals surface area contributed by atoms with Gasteiger partial charge in [-0.05, 0) is 24.1 Å². The van der Waals surface area contributed by atoms with Crippen LogP contribution in [0.25, 0.3) is 0 Å². The third-order valence-electron chi connectivity index (χ3n) is 3.54. The van der Waals surface area contributed by atoms with Crippen molar-refractivity contribution in [3.63, 3.8) is 0 Å². The highest BCUT2D eigenvalue weighted by molar-refractivity contribution is 6.15. The number of carbonyl (C=O) groups excluding carboxylic acids is 3. The van der Waals surface area contributed by atoms with Gasteiger partial charge in [-0.25, -0.2) is 19.2 Å². The smallest absolute Gasteiger partial charge is 0.346 e. The van der Waals surface area contributed by atoms with E-state index in [2.05, 4.69) is 11.3 Å². The maximum atomic E-state index is 11.7. The van der Waals surface area contributed by atoms with Gasteiger partial charge in [0.05, 0.1) is 23.3 Å². The molecule has 0 radical (unpaired) electrons. The van der Waals surface area contributed by atoms with Crippen molar-refractivity contribution in [1.82, 2.24) is 0 Å². The first-order chi connectivity index (χ1) is 11.1. The van der Waals surface area contributed by atoms with Crippen molar-refractivity contribution in [3.05, 3.63) is 47.0 Å². The average Bonchev–Trinajstić information content (AvgIpc) is 2.77. The van der Waals surface area contributed by atoms with Crippen molar-refractivity contribution in [2.45, 2.75) is 20.3 Å². The Balaban J connectivity index is 2.35. The van der Waals surface area contributed by atoms with Crippen molar-refractivity contribution in [2.24, 2.45) is 5.41 Å². The third-order valence-corrected chi connectivity index (χ3v) is 3.54. The lowest BCUT2D eigenvalue weighted by Gasteiger charge is -2.25. The van der Waals surface area contributed by atoms with Crippen LogP contribution in [-0.4, -0.2) is 35.6 Å². The predicted octanol–water partition coefficient (Wildman–Crippen LogP) is 1.99. The van der Waals surface area contributed by atoms with E-state index >= 15 is 0 Å². The molecule has 0 atom stereocenters. The maximum absolute atomic E-state index is 11.7. The predicted molar refractivity (Wildman–Crippen MR) is 81.8 cm³/mol. The van der Waals surface area contributed by atoms with E-state index < -0.39 is 29.3 Å². The van der Waals surface area contributed by atoms with E-state index in [1.165, 1.54) is 6.07 Å². The number of carbonyl (C=O) groups is 4. The number of fused-ring (bicyclic) bond motifs is 1. The topological polar surface area (TPSA) is 107 Å². The zero-order valence-electron chi connectivity index (χ0n) is 13.3. The van der Waals surface area contributed by atoms with Crippen molar-refractivity contribution in [2.75, 3.05) is 6.61 Å². The first-order valence-corrected chi connectivity index (χ1v) is 7.10. The van der Waals surface area contributed by atoms with E-state index in [1.807, 2.05) is 0 Å². The van der Waals surface area contributed by atoms with E-state index in [0.29, 0.717) is 5.56 Å². The van der Waals surface area contributed by atoms with Crippen LogP contribution in [0.4, 0.5) is 0 Å². The molecule has 1 aliphatic heterocycles. The molecule has 7 heteroatoms.